The third kappa shape index (κ3) is 2.58. The van der Waals surface area contributed by atoms with Crippen molar-refractivity contribution in [2.24, 2.45) is 5.92 Å². The third-order valence-corrected chi connectivity index (χ3v) is 4.39. The van der Waals surface area contributed by atoms with Crippen molar-refractivity contribution in [3.63, 3.8) is 0 Å². The molecule has 3 nitrogen and oxygen atoms in total. The van der Waals surface area contributed by atoms with Crippen LogP contribution in [0.5, 0.6) is 0 Å². The highest BCUT2D eigenvalue weighted by Crippen LogP contribution is 2.34. The van der Waals surface area contributed by atoms with Gasteiger partial charge in [-0.1, -0.05) is 13.8 Å². The predicted octanol–water partition coefficient (Wildman–Crippen LogP) is 1.53. The normalized spacial score (nSPS) is 32.6. The number of ether oxygens (including phenoxy) is 1. The maximum atomic E-state index is 5.57. The van der Waals surface area contributed by atoms with Gasteiger partial charge in [0.15, 0.2) is 0 Å². The highest BCUT2D eigenvalue weighted by molar-refractivity contribution is 4.96. The molecule has 2 atom stereocenters. The Hall–Kier alpha value is -0.120. The van der Waals surface area contributed by atoms with Crippen LogP contribution in [-0.4, -0.2) is 37.9 Å². The molecule has 0 aromatic rings. The van der Waals surface area contributed by atoms with Gasteiger partial charge in [0.25, 0.3) is 0 Å². The van der Waals surface area contributed by atoms with Crippen molar-refractivity contribution in [2.75, 3.05) is 26.3 Å². The first-order chi connectivity index (χ1) is 7.79. The fraction of sp³-hybridized carbons (Fsp3) is 1.00. The van der Waals surface area contributed by atoms with Crippen LogP contribution in [0.4, 0.5) is 0 Å². The highest BCUT2D eigenvalue weighted by Gasteiger charge is 2.36. The van der Waals surface area contributed by atoms with Gasteiger partial charge in [0.05, 0.1) is 13.2 Å². The lowest BCUT2D eigenvalue weighted by Crippen LogP contribution is -2.53. The molecule has 2 unspecified atom stereocenters. The molecule has 1 aliphatic carbocycles. The Labute approximate surface area is 99.3 Å². The summed E-state index contributed by atoms with van der Waals surface area (Å²) in [6, 6.07) is 0.562. The van der Waals surface area contributed by atoms with E-state index in [1.165, 1.54) is 25.7 Å². The van der Waals surface area contributed by atoms with Gasteiger partial charge < -0.3 is 15.4 Å². The van der Waals surface area contributed by atoms with Crippen molar-refractivity contribution in [3.8, 4) is 0 Å². The van der Waals surface area contributed by atoms with E-state index in [-0.39, 0.29) is 0 Å². The van der Waals surface area contributed by atoms with Gasteiger partial charge in [0.2, 0.25) is 0 Å². The smallest absolute Gasteiger partial charge is 0.0623 e. The minimum absolute atomic E-state index is 0.472. The Balaban J connectivity index is 1.76. The quantitative estimate of drug-likeness (QED) is 0.720. The minimum atomic E-state index is 0.472. The highest BCUT2D eigenvalue weighted by atomic mass is 16.5. The third-order valence-electron chi connectivity index (χ3n) is 4.39. The molecule has 3 heteroatoms. The van der Waals surface area contributed by atoms with Gasteiger partial charge in [-0.25, -0.2) is 0 Å². The Kier molecular flexibility index (Phi) is 4.22. The van der Waals surface area contributed by atoms with Crippen molar-refractivity contribution < 1.29 is 4.74 Å². The Morgan fingerprint density at radius 2 is 2.06 bits per heavy atom. The van der Waals surface area contributed by atoms with Crippen LogP contribution < -0.4 is 10.6 Å². The van der Waals surface area contributed by atoms with E-state index in [2.05, 4.69) is 24.5 Å². The zero-order valence-corrected chi connectivity index (χ0v) is 10.7. The van der Waals surface area contributed by atoms with Crippen LogP contribution >= 0.6 is 0 Å². The van der Waals surface area contributed by atoms with E-state index in [0.717, 1.165) is 26.3 Å². The molecule has 0 aromatic carbocycles. The van der Waals surface area contributed by atoms with Crippen molar-refractivity contribution in [3.05, 3.63) is 0 Å². The molecular formula is C13H26N2O. The van der Waals surface area contributed by atoms with Gasteiger partial charge in [-0.2, -0.15) is 0 Å². The van der Waals surface area contributed by atoms with E-state index < -0.39 is 0 Å². The van der Waals surface area contributed by atoms with Crippen LogP contribution in [0.15, 0.2) is 0 Å². The van der Waals surface area contributed by atoms with Crippen LogP contribution in [0.3, 0.4) is 0 Å². The molecule has 1 saturated carbocycles. The topological polar surface area (TPSA) is 33.3 Å². The lowest BCUT2D eigenvalue weighted by atomic mass is 9.74. The van der Waals surface area contributed by atoms with E-state index in [1.54, 1.807) is 0 Å². The van der Waals surface area contributed by atoms with E-state index in [0.29, 0.717) is 17.5 Å². The molecule has 0 amide bonds. The molecule has 2 N–H and O–H groups in total. The Morgan fingerprint density at radius 1 is 1.25 bits per heavy atom. The van der Waals surface area contributed by atoms with E-state index in [9.17, 15) is 0 Å². The average molecular weight is 226 g/mol. The van der Waals surface area contributed by atoms with Crippen LogP contribution in [0.25, 0.3) is 0 Å². The first-order valence-electron chi connectivity index (χ1n) is 6.86. The van der Waals surface area contributed by atoms with Crippen molar-refractivity contribution >= 4 is 0 Å². The maximum absolute atomic E-state index is 5.57. The summed E-state index contributed by atoms with van der Waals surface area (Å²) in [7, 11) is 0. The summed E-state index contributed by atoms with van der Waals surface area (Å²) in [6.45, 7) is 8.44. The molecule has 2 fully saturated rings. The fourth-order valence-electron chi connectivity index (χ4n) is 2.89. The molecule has 2 rings (SSSR count). The lowest BCUT2D eigenvalue weighted by molar-refractivity contribution is 0.155. The van der Waals surface area contributed by atoms with Crippen molar-refractivity contribution in [1.82, 2.24) is 10.6 Å². The molecular weight excluding hydrogens is 200 g/mol. The summed E-state index contributed by atoms with van der Waals surface area (Å²) < 4.78 is 5.57. The van der Waals surface area contributed by atoms with Crippen LogP contribution in [0.1, 0.15) is 39.5 Å². The summed E-state index contributed by atoms with van der Waals surface area (Å²) in [4.78, 5) is 0. The number of hydrogen-bond acceptors (Lipinski definition) is 3. The molecule has 1 heterocycles. The molecule has 0 bridgehead atoms. The zero-order chi connectivity index (χ0) is 11.4. The first kappa shape index (κ1) is 12.3. The summed E-state index contributed by atoms with van der Waals surface area (Å²) in [5.41, 5.74) is 0.472. The predicted molar refractivity (Wildman–Crippen MR) is 66.6 cm³/mol. The zero-order valence-electron chi connectivity index (χ0n) is 10.7. The molecule has 0 aromatic heterocycles. The summed E-state index contributed by atoms with van der Waals surface area (Å²) in [5.74, 6) is 0.656. The van der Waals surface area contributed by atoms with Gasteiger partial charge in [-0.3, -0.25) is 0 Å². The summed E-state index contributed by atoms with van der Waals surface area (Å²) in [6.07, 6.45) is 5.40. The van der Waals surface area contributed by atoms with Gasteiger partial charge in [0.1, 0.15) is 0 Å². The Morgan fingerprint density at radius 3 is 2.62 bits per heavy atom. The van der Waals surface area contributed by atoms with Crippen LogP contribution in [0, 0.1) is 5.92 Å². The number of hydrogen-bond donors (Lipinski definition) is 2. The fourth-order valence-corrected chi connectivity index (χ4v) is 2.89. The van der Waals surface area contributed by atoms with E-state index in [4.69, 9.17) is 4.74 Å². The number of rotatable bonds is 6. The molecule has 94 valence electrons. The van der Waals surface area contributed by atoms with Gasteiger partial charge in [-0.15, -0.1) is 0 Å². The minimum Gasteiger partial charge on any atom is -0.379 e. The molecule has 2 aliphatic rings. The standard InChI is InChI=1S/C13H26N2O/c1-3-13(6-5-7-13)15-8-11-9-16-10-12(11)14-4-2/h11-12,14-15H,3-10H2,1-2H3. The van der Waals surface area contributed by atoms with Crippen molar-refractivity contribution in [1.29, 1.82) is 0 Å². The number of likely N-dealkylation sites (N-methyl/N-ethyl adjacent to an activating group) is 1. The number of nitrogens with one attached hydrogen (secondary N) is 2. The molecule has 1 aliphatic heterocycles. The monoisotopic (exact) mass is 226 g/mol. The lowest BCUT2D eigenvalue weighted by Gasteiger charge is -2.43. The average Bonchev–Trinajstić information content (AvgIpc) is 2.66. The van der Waals surface area contributed by atoms with Gasteiger partial charge in [0, 0.05) is 24.0 Å². The Bertz CT molecular complexity index is 210. The van der Waals surface area contributed by atoms with Crippen molar-refractivity contribution in [2.45, 2.75) is 51.1 Å². The van der Waals surface area contributed by atoms with E-state index >= 15 is 0 Å². The van der Waals surface area contributed by atoms with Gasteiger partial charge in [-0.05, 0) is 32.2 Å². The van der Waals surface area contributed by atoms with Crippen LogP contribution in [-0.2, 0) is 4.74 Å². The largest absolute Gasteiger partial charge is 0.379 e. The second-order valence-corrected chi connectivity index (χ2v) is 5.33. The maximum Gasteiger partial charge on any atom is 0.0623 e. The molecule has 1 saturated heterocycles. The summed E-state index contributed by atoms with van der Waals surface area (Å²) >= 11 is 0. The first-order valence-corrected chi connectivity index (χ1v) is 6.86. The second-order valence-electron chi connectivity index (χ2n) is 5.33. The molecule has 16 heavy (non-hydrogen) atoms. The summed E-state index contributed by atoms with van der Waals surface area (Å²) in [5, 5.41) is 7.31. The second kappa shape index (κ2) is 5.48. The van der Waals surface area contributed by atoms with Crippen LogP contribution in [0.2, 0.25) is 0 Å². The van der Waals surface area contributed by atoms with E-state index in [1.807, 2.05) is 0 Å². The SMILES string of the molecule is CCNC1COCC1CNC1(CC)CCC1. The van der Waals surface area contributed by atoms with Gasteiger partial charge >= 0.3 is 0 Å². The molecule has 0 radical (unpaired) electrons. The molecule has 0 spiro atoms.